The van der Waals surface area contributed by atoms with E-state index in [1.54, 1.807) is 0 Å². The molecule has 10 heavy (non-hydrogen) atoms. The van der Waals surface area contributed by atoms with E-state index in [1.807, 2.05) is 0 Å². The van der Waals surface area contributed by atoms with Crippen LogP contribution in [0.5, 0.6) is 0 Å². The average molecular weight is 243 g/mol. The van der Waals surface area contributed by atoms with Crippen molar-refractivity contribution in [3.05, 3.63) is 0 Å². The molecule has 0 amide bonds. The minimum atomic E-state index is 0. The Kier molecular flexibility index (Phi) is 7.67. The van der Waals surface area contributed by atoms with E-state index in [9.17, 15) is 0 Å². The zero-order valence-corrected chi connectivity index (χ0v) is 8.53. The summed E-state index contributed by atoms with van der Waals surface area (Å²) in [6.07, 6.45) is 2.84. The molecule has 3 heteroatoms. The van der Waals surface area contributed by atoms with Crippen molar-refractivity contribution in [1.29, 1.82) is 0 Å². The van der Waals surface area contributed by atoms with Crippen LogP contribution in [0.4, 0.5) is 0 Å². The highest BCUT2D eigenvalue weighted by Crippen LogP contribution is 2.30. The van der Waals surface area contributed by atoms with Crippen molar-refractivity contribution < 1.29 is 0 Å². The lowest BCUT2D eigenvalue weighted by atomic mass is 10.4. The second-order valence-electron chi connectivity index (χ2n) is 2.03. The number of thioether (sulfide) groups is 2. The molecule has 1 rings (SSSR count). The third-order valence-corrected chi connectivity index (χ3v) is 5.72. The van der Waals surface area contributed by atoms with E-state index in [0.29, 0.717) is 0 Å². The molecule has 1 fully saturated rings. The minimum Gasteiger partial charge on any atom is -0.147 e. The quantitative estimate of drug-likeness (QED) is 0.645. The summed E-state index contributed by atoms with van der Waals surface area (Å²) < 4.78 is 0.826. The minimum absolute atomic E-state index is 0. The SMILES string of the molecule is BrCC1SCCCCS1.C. The summed E-state index contributed by atoms with van der Waals surface area (Å²) in [5.74, 6) is 2.73. The predicted molar refractivity (Wildman–Crippen MR) is 58.5 cm³/mol. The molecule has 0 N–H and O–H groups in total. The topological polar surface area (TPSA) is 0 Å². The van der Waals surface area contributed by atoms with Gasteiger partial charge >= 0.3 is 0 Å². The molecule has 0 spiro atoms. The zero-order chi connectivity index (χ0) is 6.53. The molecule has 1 saturated heterocycles. The van der Waals surface area contributed by atoms with Crippen LogP contribution in [0.1, 0.15) is 20.3 Å². The fourth-order valence-electron chi connectivity index (χ4n) is 0.771. The van der Waals surface area contributed by atoms with Gasteiger partial charge < -0.3 is 0 Å². The Morgan fingerprint density at radius 3 is 2.10 bits per heavy atom. The Morgan fingerprint density at radius 2 is 1.70 bits per heavy atom. The van der Waals surface area contributed by atoms with Gasteiger partial charge in [-0.3, -0.25) is 0 Å². The highest BCUT2D eigenvalue weighted by molar-refractivity contribution is 9.09. The zero-order valence-electron chi connectivity index (χ0n) is 5.31. The van der Waals surface area contributed by atoms with E-state index >= 15 is 0 Å². The molecule has 0 bridgehead atoms. The third-order valence-electron chi connectivity index (χ3n) is 1.27. The van der Waals surface area contributed by atoms with Crippen molar-refractivity contribution in [3.63, 3.8) is 0 Å². The van der Waals surface area contributed by atoms with Gasteiger partial charge in [-0.2, -0.15) is 0 Å². The van der Waals surface area contributed by atoms with E-state index in [4.69, 9.17) is 0 Å². The summed E-state index contributed by atoms with van der Waals surface area (Å²) in [7, 11) is 0. The monoisotopic (exact) mass is 242 g/mol. The second-order valence-corrected chi connectivity index (χ2v) is 5.60. The van der Waals surface area contributed by atoms with Gasteiger partial charge in [0.15, 0.2) is 0 Å². The molecule has 0 atom stereocenters. The van der Waals surface area contributed by atoms with Crippen LogP contribution in [0, 0.1) is 0 Å². The lowest BCUT2D eigenvalue weighted by Crippen LogP contribution is -1.96. The number of halogens is 1. The van der Waals surface area contributed by atoms with E-state index in [-0.39, 0.29) is 7.43 Å². The number of rotatable bonds is 1. The molecule has 0 nitrogen and oxygen atoms in total. The van der Waals surface area contributed by atoms with Crippen molar-refractivity contribution in [2.45, 2.75) is 24.9 Å². The van der Waals surface area contributed by atoms with Gasteiger partial charge in [0.2, 0.25) is 0 Å². The lowest BCUT2D eigenvalue weighted by molar-refractivity contribution is 0.912. The molecule has 1 aliphatic rings. The van der Waals surface area contributed by atoms with Crippen LogP contribution >= 0.6 is 39.5 Å². The summed E-state index contributed by atoms with van der Waals surface area (Å²) in [4.78, 5) is 0. The Labute approximate surface area is 81.0 Å². The van der Waals surface area contributed by atoms with Gasteiger partial charge in [-0.05, 0) is 24.3 Å². The first-order valence-electron chi connectivity index (χ1n) is 3.22. The maximum atomic E-state index is 3.50. The van der Waals surface area contributed by atoms with Crippen LogP contribution in [-0.2, 0) is 0 Å². The van der Waals surface area contributed by atoms with Gasteiger partial charge in [0.1, 0.15) is 0 Å². The van der Waals surface area contributed by atoms with Gasteiger partial charge in [-0.1, -0.05) is 23.4 Å². The molecule has 0 unspecified atom stereocenters. The Morgan fingerprint density at radius 1 is 1.20 bits per heavy atom. The Balaban J connectivity index is 0.000000810. The molecule has 1 heterocycles. The smallest absolute Gasteiger partial charge is 0.0599 e. The molecule has 0 radical (unpaired) electrons. The molecule has 1 aliphatic heterocycles. The molecule has 0 saturated carbocycles. The number of hydrogen-bond acceptors (Lipinski definition) is 2. The van der Waals surface area contributed by atoms with Crippen molar-refractivity contribution in [1.82, 2.24) is 0 Å². The van der Waals surface area contributed by atoms with Crippen molar-refractivity contribution in [3.8, 4) is 0 Å². The first-order valence-corrected chi connectivity index (χ1v) is 6.44. The largest absolute Gasteiger partial charge is 0.147 e. The normalized spacial score (nSPS) is 21.3. The van der Waals surface area contributed by atoms with Crippen LogP contribution in [-0.4, -0.2) is 21.4 Å². The fourth-order valence-corrected chi connectivity index (χ4v) is 4.30. The number of hydrogen-bond donors (Lipinski definition) is 0. The van der Waals surface area contributed by atoms with Crippen LogP contribution in [0.2, 0.25) is 0 Å². The van der Waals surface area contributed by atoms with Crippen LogP contribution in [0.25, 0.3) is 0 Å². The molecular weight excluding hydrogens is 228 g/mol. The second kappa shape index (κ2) is 6.86. The van der Waals surface area contributed by atoms with Crippen LogP contribution < -0.4 is 0 Å². The van der Waals surface area contributed by atoms with Crippen molar-refractivity contribution in [2.24, 2.45) is 0 Å². The van der Waals surface area contributed by atoms with E-state index in [0.717, 1.165) is 9.91 Å². The van der Waals surface area contributed by atoms with Gasteiger partial charge in [-0.15, -0.1) is 23.5 Å². The molecule has 62 valence electrons. The third kappa shape index (κ3) is 4.14. The Hall–Kier alpha value is 1.18. The molecular formula is C7H15BrS2. The van der Waals surface area contributed by atoms with Gasteiger partial charge in [0.25, 0.3) is 0 Å². The van der Waals surface area contributed by atoms with Gasteiger partial charge in [-0.25, -0.2) is 0 Å². The van der Waals surface area contributed by atoms with Gasteiger partial charge in [0.05, 0.1) is 4.58 Å². The van der Waals surface area contributed by atoms with Crippen molar-refractivity contribution in [2.75, 3.05) is 16.8 Å². The maximum Gasteiger partial charge on any atom is 0.0599 e. The van der Waals surface area contributed by atoms with E-state index < -0.39 is 0 Å². The summed E-state index contributed by atoms with van der Waals surface area (Å²) in [5, 5.41) is 1.16. The maximum absolute atomic E-state index is 3.50. The summed E-state index contributed by atoms with van der Waals surface area (Å²) in [5.41, 5.74) is 0. The first kappa shape index (κ1) is 11.2. The number of alkyl halides is 1. The average Bonchev–Trinajstić information content (AvgIpc) is 2.13. The first-order chi connectivity index (χ1) is 4.43. The molecule has 0 aliphatic carbocycles. The molecule has 0 aromatic carbocycles. The van der Waals surface area contributed by atoms with Crippen LogP contribution in [0.15, 0.2) is 0 Å². The summed E-state index contributed by atoms with van der Waals surface area (Å²) in [6.45, 7) is 0. The predicted octanol–water partition coefficient (Wildman–Crippen LogP) is 3.60. The standard InChI is InChI=1S/C6H11BrS2.CH4/c7-5-6-8-3-1-2-4-9-6;/h6H,1-5H2;1H4. The van der Waals surface area contributed by atoms with Crippen molar-refractivity contribution >= 4 is 39.5 Å². The summed E-state index contributed by atoms with van der Waals surface area (Å²) >= 11 is 7.70. The lowest BCUT2D eigenvalue weighted by Gasteiger charge is -2.06. The fraction of sp³-hybridized carbons (Fsp3) is 1.00. The summed E-state index contributed by atoms with van der Waals surface area (Å²) in [6, 6.07) is 0. The van der Waals surface area contributed by atoms with E-state index in [1.165, 1.54) is 24.3 Å². The van der Waals surface area contributed by atoms with Gasteiger partial charge in [0, 0.05) is 5.33 Å². The molecule has 0 aromatic rings. The highest BCUT2D eigenvalue weighted by atomic mass is 79.9. The highest BCUT2D eigenvalue weighted by Gasteiger charge is 2.10. The Bertz CT molecular complexity index is 70.0. The molecule has 0 aromatic heterocycles. The van der Waals surface area contributed by atoms with Crippen LogP contribution in [0.3, 0.4) is 0 Å². The van der Waals surface area contributed by atoms with E-state index in [2.05, 4.69) is 39.5 Å².